The summed E-state index contributed by atoms with van der Waals surface area (Å²) >= 11 is 0. The van der Waals surface area contributed by atoms with Gasteiger partial charge in [0.15, 0.2) is 0 Å². The fourth-order valence-electron chi connectivity index (χ4n) is 4.09. The van der Waals surface area contributed by atoms with Crippen LogP contribution < -0.4 is 4.74 Å². The predicted molar refractivity (Wildman–Crippen MR) is 95.9 cm³/mol. The van der Waals surface area contributed by atoms with Gasteiger partial charge in [-0.15, -0.1) is 0 Å². The maximum absolute atomic E-state index is 12.8. The molecule has 1 aliphatic heterocycles. The molecule has 26 heavy (non-hydrogen) atoms. The highest BCUT2D eigenvalue weighted by atomic mass is 16.5. The molecular weight excluding hydrogens is 330 g/mol. The quantitative estimate of drug-likeness (QED) is 0.891. The molecule has 0 atom stereocenters. The summed E-state index contributed by atoms with van der Waals surface area (Å²) in [6.45, 7) is 1.29. The number of hydrogen-bond acceptors (Lipinski definition) is 5. The van der Waals surface area contributed by atoms with Gasteiger partial charge in [-0.25, -0.2) is 9.97 Å². The molecule has 0 radical (unpaired) electrons. The van der Waals surface area contributed by atoms with Crippen molar-refractivity contribution in [3.05, 3.63) is 34.9 Å². The highest BCUT2D eigenvalue weighted by Crippen LogP contribution is 2.30. The number of aromatic amines is 1. The van der Waals surface area contributed by atoms with Crippen LogP contribution in [0.15, 0.2) is 12.4 Å². The molecule has 2 aromatic heterocycles. The number of carbonyl (C=O) groups excluding carboxylic acids is 1. The Hall–Kier alpha value is -2.44. The van der Waals surface area contributed by atoms with Crippen molar-refractivity contribution in [1.82, 2.24) is 25.1 Å². The number of methoxy groups -OCH3 is 1. The number of aryl methyl sites for hydroxylation is 1. The van der Waals surface area contributed by atoms with Crippen molar-refractivity contribution in [2.75, 3.05) is 13.7 Å². The molecule has 1 saturated carbocycles. The van der Waals surface area contributed by atoms with E-state index in [1.807, 2.05) is 4.90 Å². The van der Waals surface area contributed by atoms with Gasteiger partial charge < -0.3 is 9.64 Å². The predicted octanol–water partition coefficient (Wildman–Crippen LogP) is 2.53. The van der Waals surface area contributed by atoms with Gasteiger partial charge in [0.1, 0.15) is 0 Å². The third kappa shape index (κ3) is 3.43. The molecule has 0 aromatic carbocycles. The van der Waals surface area contributed by atoms with Crippen molar-refractivity contribution in [2.45, 2.75) is 51.5 Å². The molecule has 0 bridgehead atoms. The lowest BCUT2D eigenvalue weighted by Gasteiger charge is -2.27. The van der Waals surface area contributed by atoms with Crippen LogP contribution in [-0.4, -0.2) is 44.6 Å². The average molecular weight is 355 g/mol. The first kappa shape index (κ1) is 17.0. The SMILES string of the molecule is COc1ncc(C(=O)N2CCc3[nH]nc(CCC4CCCC4)c3C2)cn1. The number of nitrogens with zero attached hydrogens (tertiary/aromatic N) is 4. The molecular formula is C19H25N5O2. The molecule has 1 aliphatic carbocycles. The lowest BCUT2D eigenvalue weighted by Crippen LogP contribution is -2.36. The second-order valence-corrected chi connectivity index (χ2v) is 7.25. The monoisotopic (exact) mass is 355 g/mol. The van der Waals surface area contributed by atoms with E-state index in [2.05, 4.69) is 20.2 Å². The molecule has 7 nitrogen and oxygen atoms in total. The Morgan fingerprint density at radius 3 is 2.81 bits per heavy atom. The summed E-state index contributed by atoms with van der Waals surface area (Å²) in [7, 11) is 1.51. The summed E-state index contributed by atoms with van der Waals surface area (Å²) in [6, 6.07) is 0.270. The van der Waals surface area contributed by atoms with Crippen molar-refractivity contribution in [2.24, 2.45) is 5.92 Å². The molecule has 1 fully saturated rings. The Labute approximate surface area is 153 Å². The number of amides is 1. The van der Waals surface area contributed by atoms with E-state index in [0.717, 1.165) is 24.5 Å². The van der Waals surface area contributed by atoms with Crippen molar-refractivity contribution in [1.29, 1.82) is 0 Å². The number of hydrogen-bond donors (Lipinski definition) is 1. The minimum atomic E-state index is -0.0405. The Bertz CT molecular complexity index is 765. The van der Waals surface area contributed by atoms with Crippen molar-refractivity contribution in [3.63, 3.8) is 0 Å². The van der Waals surface area contributed by atoms with Gasteiger partial charge in [0.2, 0.25) is 0 Å². The van der Waals surface area contributed by atoms with Gasteiger partial charge in [-0.1, -0.05) is 25.7 Å². The average Bonchev–Trinajstić information content (AvgIpc) is 3.35. The third-order valence-corrected chi connectivity index (χ3v) is 5.63. The first-order valence-electron chi connectivity index (χ1n) is 9.45. The number of fused-ring (bicyclic) bond motifs is 1. The molecule has 2 aliphatic rings. The standard InChI is InChI=1S/C19H25N5O2/c1-26-19-20-10-14(11-21-19)18(25)24-9-8-17-15(12-24)16(22-23-17)7-6-13-4-2-3-5-13/h10-11,13H,2-9,12H2,1H3,(H,22,23). The summed E-state index contributed by atoms with van der Waals surface area (Å²) in [6.07, 6.45) is 11.5. The molecule has 0 saturated heterocycles. The molecule has 1 amide bonds. The van der Waals surface area contributed by atoms with Gasteiger partial charge >= 0.3 is 6.01 Å². The van der Waals surface area contributed by atoms with Crippen LogP contribution in [0.2, 0.25) is 0 Å². The Kier molecular flexibility index (Phi) is 4.86. The minimum Gasteiger partial charge on any atom is -0.467 e. The largest absolute Gasteiger partial charge is 0.467 e. The zero-order valence-electron chi connectivity index (χ0n) is 15.2. The fraction of sp³-hybridized carbons (Fsp3) is 0.579. The van der Waals surface area contributed by atoms with Crippen LogP contribution in [0.5, 0.6) is 6.01 Å². The van der Waals surface area contributed by atoms with E-state index in [9.17, 15) is 4.79 Å². The maximum Gasteiger partial charge on any atom is 0.316 e. The van der Waals surface area contributed by atoms with Gasteiger partial charge in [0, 0.05) is 43.2 Å². The number of ether oxygens (including phenoxy) is 1. The van der Waals surface area contributed by atoms with Crippen LogP contribution in [0.3, 0.4) is 0 Å². The summed E-state index contributed by atoms with van der Waals surface area (Å²) in [5.74, 6) is 0.807. The zero-order valence-corrected chi connectivity index (χ0v) is 15.2. The topological polar surface area (TPSA) is 84.0 Å². The molecule has 138 valence electrons. The van der Waals surface area contributed by atoms with Crippen LogP contribution in [0.25, 0.3) is 0 Å². The lowest BCUT2D eigenvalue weighted by molar-refractivity contribution is 0.0732. The summed E-state index contributed by atoms with van der Waals surface area (Å²) in [4.78, 5) is 22.7. The third-order valence-electron chi connectivity index (χ3n) is 5.63. The van der Waals surface area contributed by atoms with E-state index in [1.54, 1.807) is 0 Å². The van der Waals surface area contributed by atoms with Crippen LogP contribution in [-0.2, 0) is 19.4 Å². The molecule has 0 unspecified atom stereocenters. The Morgan fingerprint density at radius 2 is 2.08 bits per heavy atom. The van der Waals surface area contributed by atoms with Gasteiger partial charge in [0.05, 0.1) is 18.4 Å². The summed E-state index contributed by atoms with van der Waals surface area (Å²) in [5, 5.41) is 7.73. The van der Waals surface area contributed by atoms with E-state index in [4.69, 9.17) is 4.74 Å². The van der Waals surface area contributed by atoms with Crippen LogP contribution >= 0.6 is 0 Å². The normalized spacial score (nSPS) is 17.3. The van der Waals surface area contributed by atoms with E-state index in [-0.39, 0.29) is 11.9 Å². The minimum absolute atomic E-state index is 0.0405. The second-order valence-electron chi connectivity index (χ2n) is 7.25. The van der Waals surface area contributed by atoms with E-state index in [0.29, 0.717) is 18.7 Å². The van der Waals surface area contributed by atoms with Gasteiger partial charge in [0.25, 0.3) is 5.91 Å². The highest BCUT2D eigenvalue weighted by molar-refractivity contribution is 5.93. The Balaban J connectivity index is 1.44. The van der Waals surface area contributed by atoms with Gasteiger partial charge in [-0.2, -0.15) is 5.10 Å². The molecule has 4 rings (SSSR count). The number of nitrogens with one attached hydrogen (secondary N) is 1. The second kappa shape index (κ2) is 7.43. The fourth-order valence-corrected chi connectivity index (χ4v) is 4.09. The zero-order chi connectivity index (χ0) is 17.9. The van der Waals surface area contributed by atoms with Crippen molar-refractivity contribution < 1.29 is 9.53 Å². The maximum atomic E-state index is 12.8. The molecule has 1 N–H and O–H groups in total. The number of H-pyrrole nitrogens is 1. The smallest absolute Gasteiger partial charge is 0.316 e. The molecule has 3 heterocycles. The summed E-state index contributed by atoms with van der Waals surface area (Å²) < 4.78 is 4.96. The van der Waals surface area contributed by atoms with Crippen molar-refractivity contribution >= 4 is 5.91 Å². The van der Waals surface area contributed by atoms with Crippen LogP contribution in [0.4, 0.5) is 0 Å². The van der Waals surface area contributed by atoms with E-state index in [1.165, 1.54) is 62.9 Å². The highest BCUT2D eigenvalue weighted by Gasteiger charge is 2.26. The number of carbonyl (C=O) groups is 1. The molecule has 2 aromatic rings. The summed E-state index contributed by atoms with van der Waals surface area (Å²) in [5.41, 5.74) is 4.01. The van der Waals surface area contributed by atoms with E-state index < -0.39 is 0 Å². The number of rotatable bonds is 5. The molecule has 0 spiro atoms. The van der Waals surface area contributed by atoms with Crippen LogP contribution in [0.1, 0.15) is 59.4 Å². The lowest BCUT2D eigenvalue weighted by atomic mass is 9.97. The van der Waals surface area contributed by atoms with E-state index >= 15 is 0 Å². The van der Waals surface area contributed by atoms with Gasteiger partial charge in [-0.05, 0) is 18.8 Å². The first-order valence-corrected chi connectivity index (χ1v) is 9.45. The Morgan fingerprint density at radius 1 is 1.31 bits per heavy atom. The first-order chi connectivity index (χ1) is 12.7. The molecule has 7 heteroatoms. The van der Waals surface area contributed by atoms with Gasteiger partial charge in [-0.3, -0.25) is 9.89 Å². The van der Waals surface area contributed by atoms with Crippen molar-refractivity contribution in [3.8, 4) is 6.01 Å². The van der Waals surface area contributed by atoms with Crippen LogP contribution in [0, 0.1) is 5.92 Å². The number of aromatic nitrogens is 4.